The maximum atomic E-state index is 12.3. The monoisotopic (exact) mass is 282 g/mol. The fraction of sp³-hybridized carbons (Fsp3) is 0.143. The van der Waals surface area contributed by atoms with Gasteiger partial charge in [0.2, 0.25) is 0 Å². The Morgan fingerprint density at radius 2 is 1.65 bits per heavy atom. The molecule has 2 aromatic carbocycles. The summed E-state index contributed by atoms with van der Waals surface area (Å²) in [5.41, 5.74) is 7.93. The van der Waals surface area contributed by atoms with Gasteiger partial charge in [0.15, 0.2) is 5.75 Å². The number of anilines is 3. The van der Waals surface area contributed by atoms with Crippen molar-refractivity contribution in [2.75, 3.05) is 11.1 Å². The number of alkyl halides is 3. The van der Waals surface area contributed by atoms with Crippen molar-refractivity contribution in [1.82, 2.24) is 0 Å². The topological polar surface area (TPSA) is 47.3 Å². The largest absolute Gasteiger partial charge is 0.573 e. The molecule has 2 aromatic rings. The standard InChI is InChI=1S/C14H13F3N2O/c1-9-5-4-7-11(13(9)18)19-10-6-2-3-8-12(10)20-14(15,16)17/h2-8,19H,18H2,1H3. The highest BCUT2D eigenvalue weighted by atomic mass is 19.4. The van der Waals surface area contributed by atoms with Crippen molar-refractivity contribution < 1.29 is 17.9 Å². The fourth-order valence-corrected chi connectivity index (χ4v) is 1.72. The van der Waals surface area contributed by atoms with Crippen LogP contribution in [0, 0.1) is 6.92 Å². The number of benzene rings is 2. The molecule has 0 aromatic heterocycles. The van der Waals surface area contributed by atoms with Crippen LogP contribution in [0.1, 0.15) is 5.56 Å². The number of para-hydroxylation sites is 3. The zero-order chi connectivity index (χ0) is 14.8. The van der Waals surface area contributed by atoms with Crippen molar-refractivity contribution in [2.45, 2.75) is 13.3 Å². The second-order valence-corrected chi connectivity index (χ2v) is 4.21. The van der Waals surface area contributed by atoms with E-state index in [1.165, 1.54) is 18.2 Å². The number of nitrogens with one attached hydrogen (secondary N) is 1. The van der Waals surface area contributed by atoms with Gasteiger partial charge in [-0.2, -0.15) is 0 Å². The third kappa shape index (κ3) is 3.34. The van der Waals surface area contributed by atoms with Gasteiger partial charge >= 0.3 is 6.36 Å². The minimum atomic E-state index is -4.74. The highest BCUT2D eigenvalue weighted by Gasteiger charge is 2.32. The Morgan fingerprint density at radius 1 is 1.00 bits per heavy atom. The Bertz CT molecular complexity index is 612. The summed E-state index contributed by atoms with van der Waals surface area (Å²) >= 11 is 0. The maximum Gasteiger partial charge on any atom is 0.573 e. The maximum absolute atomic E-state index is 12.3. The van der Waals surface area contributed by atoms with Crippen molar-refractivity contribution >= 4 is 17.1 Å². The van der Waals surface area contributed by atoms with E-state index >= 15 is 0 Å². The second kappa shape index (κ2) is 5.32. The van der Waals surface area contributed by atoms with E-state index < -0.39 is 6.36 Å². The quantitative estimate of drug-likeness (QED) is 0.829. The van der Waals surface area contributed by atoms with Gasteiger partial charge in [-0.25, -0.2) is 0 Å². The van der Waals surface area contributed by atoms with E-state index in [0.29, 0.717) is 11.4 Å². The molecule has 0 bridgehead atoms. The van der Waals surface area contributed by atoms with Crippen LogP contribution in [0.4, 0.5) is 30.2 Å². The summed E-state index contributed by atoms with van der Waals surface area (Å²) in [6.07, 6.45) is -4.74. The van der Waals surface area contributed by atoms with Crippen LogP contribution < -0.4 is 15.8 Å². The average Bonchev–Trinajstić information content (AvgIpc) is 2.35. The molecule has 0 aliphatic rings. The molecule has 6 heteroatoms. The predicted molar refractivity (Wildman–Crippen MR) is 72.0 cm³/mol. The highest BCUT2D eigenvalue weighted by molar-refractivity contribution is 5.77. The molecule has 3 nitrogen and oxygen atoms in total. The van der Waals surface area contributed by atoms with E-state index in [9.17, 15) is 13.2 Å². The van der Waals surface area contributed by atoms with Crippen LogP contribution in [-0.4, -0.2) is 6.36 Å². The van der Waals surface area contributed by atoms with Gasteiger partial charge in [0, 0.05) is 0 Å². The second-order valence-electron chi connectivity index (χ2n) is 4.21. The Balaban J connectivity index is 2.32. The molecule has 0 unspecified atom stereocenters. The molecular weight excluding hydrogens is 269 g/mol. The van der Waals surface area contributed by atoms with Gasteiger partial charge in [-0.1, -0.05) is 24.3 Å². The van der Waals surface area contributed by atoms with Crippen LogP contribution in [0.5, 0.6) is 5.75 Å². The van der Waals surface area contributed by atoms with E-state index in [0.717, 1.165) is 5.56 Å². The van der Waals surface area contributed by atoms with E-state index in [1.54, 1.807) is 18.2 Å². The lowest BCUT2D eigenvalue weighted by Crippen LogP contribution is -2.17. The Kier molecular flexibility index (Phi) is 3.74. The third-order valence-corrected chi connectivity index (χ3v) is 2.71. The molecule has 106 valence electrons. The van der Waals surface area contributed by atoms with Crippen molar-refractivity contribution in [2.24, 2.45) is 0 Å². The molecule has 0 spiro atoms. The van der Waals surface area contributed by atoms with Crippen LogP contribution in [0.15, 0.2) is 42.5 Å². The first-order valence-corrected chi connectivity index (χ1v) is 5.84. The van der Waals surface area contributed by atoms with Gasteiger partial charge in [-0.3, -0.25) is 0 Å². The number of nitrogen functional groups attached to an aromatic ring is 1. The number of ether oxygens (including phenoxy) is 1. The SMILES string of the molecule is Cc1cccc(Nc2ccccc2OC(F)(F)F)c1N. The van der Waals surface area contributed by atoms with Gasteiger partial charge in [0.25, 0.3) is 0 Å². The molecule has 0 fully saturated rings. The van der Waals surface area contributed by atoms with Gasteiger partial charge < -0.3 is 15.8 Å². The number of hydrogen-bond acceptors (Lipinski definition) is 3. The van der Waals surface area contributed by atoms with E-state index in [-0.39, 0.29) is 11.4 Å². The van der Waals surface area contributed by atoms with Crippen molar-refractivity contribution in [3.05, 3.63) is 48.0 Å². The fourth-order valence-electron chi connectivity index (χ4n) is 1.72. The first kappa shape index (κ1) is 14.0. The molecule has 0 saturated carbocycles. The normalized spacial score (nSPS) is 11.2. The summed E-state index contributed by atoms with van der Waals surface area (Å²) < 4.78 is 41.0. The molecule has 0 heterocycles. The van der Waals surface area contributed by atoms with Crippen LogP contribution >= 0.6 is 0 Å². The van der Waals surface area contributed by atoms with Crippen LogP contribution in [-0.2, 0) is 0 Å². The van der Waals surface area contributed by atoms with Gasteiger partial charge in [-0.05, 0) is 30.7 Å². The Labute approximate surface area is 114 Å². The minimum absolute atomic E-state index is 0.196. The van der Waals surface area contributed by atoms with Gasteiger partial charge in [0.1, 0.15) is 0 Å². The summed E-state index contributed by atoms with van der Waals surface area (Å²) in [6, 6.07) is 11.1. The van der Waals surface area contributed by atoms with Crippen LogP contribution in [0.3, 0.4) is 0 Å². The molecule has 0 radical (unpaired) electrons. The summed E-state index contributed by atoms with van der Waals surface area (Å²) in [5, 5.41) is 2.85. The number of rotatable bonds is 3. The van der Waals surface area contributed by atoms with Crippen molar-refractivity contribution in [3.8, 4) is 5.75 Å². The third-order valence-electron chi connectivity index (χ3n) is 2.71. The number of halogens is 3. The first-order chi connectivity index (χ1) is 9.37. The molecule has 0 saturated heterocycles. The lowest BCUT2D eigenvalue weighted by Gasteiger charge is -2.16. The number of hydrogen-bond donors (Lipinski definition) is 2. The summed E-state index contributed by atoms with van der Waals surface area (Å²) in [7, 11) is 0. The lowest BCUT2D eigenvalue weighted by atomic mass is 10.1. The molecule has 2 rings (SSSR count). The minimum Gasteiger partial charge on any atom is -0.404 e. The smallest absolute Gasteiger partial charge is 0.404 e. The number of aryl methyl sites for hydroxylation is 1. The molecule has 0 atom stereocenters. The van der Waals surface area contributed by atoms with Crippen LogP contribution in [0.25, 0.3) is 0 Å². The molecule has 0 aliphatic carbocycles. The first-order valence-electron chi connectivity index (χ1n) is 5.84. The molecule has 20 heavy (non-hydrogen) atoms. The average molecular weight is 282 g/mol. The molecule has 0 aliphatic heterocycles. The van der Waals surface area contributed by atoms with Crippen molar-refractivity contribution in [3.63, 3.8) is 0 Å². The van der Waals surface area contributed by atoms with E-state index in [4.69, 9.17) is 5.73 Å². The zero-order valence-corrected chi connectivity index (χ0v) is 10.7. The van der Waals surface area contributed by atoms with E-state index in [2.05, 4.69) is 10.1 Å². The molecule has 0 amide bonds. The number of nitrogens with two attached hydrogens (primary N) is 1. The summed E-state index contributed by atoms with van der Waals surface area (Å²) in [4.78, 5) is 0. The summed E-state index contributed by atoms with van der Waals surface area (Å²) in [5.74, 6) is -0.305. The Morgan fingerprint density at radius 3 is 2.35 bits per heavy atom. The predicted octanol–water partition coefficient (Wildman–Crippen LogP) is 4.22. The Hall–Kier alpha value is -2.37. The molecular formula is C14H13F3N2O. The molecule has 3 N–H and O–H groups in total. The zero-order valence-electron chi connectivity index (χ0n) is 10.7. The van der Waals surface area contributed by atoms with Crippen molar-refractivity contribution in [1.29, 1.82) is 0 Å². The summed E-state index contributed by atoms with van der Waals surface area (Å²) in [6.45, 7) is 1.82. The lowest BCUT2D eigenvalue weighted by molar-refractivity contribution is -0.274. The van der Waals surface area contributed by atoms with Gasteiger partial charge in [-0.15, -0.1) is 13.2 Å². The van der Waals surface area contributed by atoms with Crippen LogP contribution in [0.2, 0.25) is 0 Å². The van der Waals surface area contributed by atoms with Gasteiger partial charge in [0.05, 0.1) is 17.1 Å². The highest BCUT2D eigenvalue weighted by Crippen LogP contribution is 2.34. The van der Waals surface area contributed by atoms with E-state index in [1.807, 2.05) is 13.0 Å².